The predicted octanol–water partition coefficient (Wildman–Crippen LogP) is 3.96. The maximum atomic E-state index is 12.4. The van der Waals surface area contributed by atoms with Gasteiger partial charge in [-0.3, -0.25) is 0 Å². The first-order valence-corrected chi connectivity index (χ1v) is 5.91. The first-order valence-electron chi connectivity index (χ1n) is 5.53. The SMILES string of the molecule is CC(C)CCCOc1cc(Cl)nc(C(F)(F)F)n1. The van der Waals surface area contributed by atoms with Gasteiger partial charge in [-0.15, -0.1) is 0 Å². The molecule has 7 heteroatoms. The number of aromatic nitrogens is 2. The van der Waals surface area contributed by atoms with Crippen molar-refractivity contribution in [3.63, 3.8) is 0 Å². The molecule has 1 rings (SSSR count). The molecule has 0 saturated heterocycles. The predicted molar refractivity (Wildman–Crippen MR) is 61.6 cm³/mol. The first-order chi connectivity index (χ1) is 8.29. The molecule has 18 heavy (non-hydrogen) atoms. The Labute approximate surface area is 108 Å². The third-order valence-corrected chi connectivity index (χ3v) is 2.29. The van der Waals surface area contributed by atoms with E-state index in [1.54, 1.807) is 0 Å². The van der Waals surface area contributed by atoms with Crippen molar-refractivity contribution >= 4 is 11.6 Å². The van der Waals surface area contributed by atoms with E-state index in [1.165, 1.54) is 6.07 Å². The topological polar surface area (TPSA) is 35.0 Å². The Hall–Kier alpha value is -1.04. The number of rotatable bonds is 5. The highest BCUT2D eigenvalue weighted by atomic mass is 35.5. The van der Waals surface area contributed by atoms with Crippen molar-refractivity contribution in [1.29, 1.82) is 0 Å². The molecule has 0 aliphatic rings. The second-order valence-electron chi connectivity index (χ2n) is 4.23. The maximum Gasteiger partial charge on any atom is 0.451 e. The van der Waals surface area contributed by atoms with Crippen LogP contribution < -0.4 is 4.74 Å². The lowest BCUT2D eigenvalue weighted by atomic mass is 10.1. The smallest absolute Gasteiger partial charge is 0.451 e. The van der Waals surface area contributed by atoms with Crippen molar-refractivity contribution in [3.8, 4) is 5.88 Å². The highest BCUT2D eigenvalue weighted by Gasteiger charge is 2.35. The van der Waals surface area contributed by atoms with Crippen LogP contribution in [0.15, 0.2) is 6.07 Å². The number of ether oxygens (including phenoxy) is 1. The van der Waals surface area contributed by atoms with E-state index in [0.717, 1.165) is 12.8 Å². The minimum Gasteiger partial charge on any atom is -0.478 e. The molecule has 3 nitrogen and oxygen atoms in total. The third kappa shape index (κ3) is 5.08. The van der Waals surface area contributed by atoms with E-state index in [1.807, 2.05) is 0 Å². The second-order valence-corrected chi connectivity index (χ2v) is 4.62. The minimum atomic E-state index is -4.62. The highest BCUT2D eigenvalue weighted by Crippen LogP contribution is 2.28. The van der Waals surface area contributed by atoms with Crippen LogP contribution in [0.4, 0.5) is 13.2 Å². The van der Waals surface area contributed by atoms with Crippen LogP contribution in [-0.4, -0.2) is 16.6 Å². The maximum absolute atomic E-state index is 12.4. The standard InChI is InChI=1S/C11H14ClF3N2O/c1-7(2)4-3-5-18-9-6-8(12)16-10(17-9)11(13,14)15/h6-7H,3-5H2,1-2H3. The van der Waals surface area contributed by atoms with E-state index in [-0.39, 0.29) is 11.0 Å². The average Bonchev–Trinajstić information content (AvgIpc) is 2.22. The fourth-order valence-corrected chi connectivity index (χ4v) is 1.44. The van der Waals surface area contributed by atoms with Gasteiger partial charge in [0.25, 0.3) is 0 Å². The molecule has 0 amide bonds. The molecule has 0 aromatic carbocycles. The van der Waals surface area contributed by atoms with Crippen LogP contribution in [0, 0.1) is 5.92 Å². The Morgan fingerprint density at radius 2 is 2.00 bits per heavy atom. The third-order valence-electron chi connectivity index (χ3n) is 2.10. The lowest BCUT2D eigenvalue weighted by molar-refractivity contribution is -0.145. The number of nitrogens with zero attached hydrogens (tertiary/aromatic N) is 2. The molecule has 0 aliphatic carbocycles. The summed E-state index contributed by atoms with van der Waals surface area (Å²) in [5, 5.41) is -0.281. The number of alkyl halides is 3. The van der Waals surface area contributed by atoms with Gasteiger partial charge in [0, 0.05) is 6.07 Å². The molecular formula is C11H14ClF3N2O. The molecule has 0 N–H and O–H groups in total. The zero-order valence-corrected chi connectivity index (χ0v) is 10.8. The van der Waals surface area contributed by atoms with Gasteiger partial charge in [-0.25, -0.2) is 4.98 Å². The van der Waals surface area contributed by atoms with Crippen LogP contribution in [0.5, 0.6) is 5.88 Å². The molecule has 102 valence electrons. The molecular weight excluding hydrogens is 269 g/mol. The molecule has 0 atom stereocenters. The number of halogens is 4. The number of hydrogen-bond donors (Lipinski definition) is 0. The summed E-state index contributed by atoms with van der Waals surface area (Å²) in [6.45, 7) is 4.43. The van der Waals surface area contributed by atoms with Crippen molar-refractivity contribution in [1.82, 2.24) is 9.97 Å². The van der Waals surface area contributed by atoms with E-state index in [9.17, 15) is 13.2 Å². The van der Waals surface area contributed by atoms with Gasteiger partial charge in [0.2, 0.25) is 11.7 Å². The summed E-state index contributed by atoms with van der Waals surface area (Å²) in [4.78, 5) is 6.39. The molecule has 0 unspecified atom stereocenters. The van der Waals surface area contributed by atoms with Gasteiger partial charge in [-0.1, -0.05) is 25.4 Å². The van der Waals surface area contributed by atoms with Gasteiger partial charge in [0.05, 0.1) is 6.61 Å². The van der Waals surface area contributed by atoms with E-state index < -0.39 is 12.0 Å². The summed E-state index contributed by atoms with van der Waals surface area (Å²) in [6.07, 6.45) is -2.94. The van der Waals surface area contributed by atoms with Gasteiger partial charge < -0.3 is 4.74 Å². The summed E-state index contributed by atoms with van der Waals surface area (Å²) in [5.41, 5.74) is 0. The Balaban J connectivity index is 2.63. The minimum absolute atomic E-state index is 0.147. The molecule has 1 aromatic heterocycles. The van der Waals surface area contributed by atoms with Gasteiger partial charge in [0.15, 0.2) is 0 Å². The quantitative estimate of drug-likeness (QED) is 0.605. The number of hydrogen-bond acceptors (Lipinski definition) is 3. The van der Waals surface area contributed by atoms with Crippen LogP contribution in [0.1, 0.15) is 32.5 Å². The van der Waals surface area contributed by atoms with E-state index in [0.29, 0.717) is 12.5 Å². The Bertz CT molecular complexity index is 396. The van der Waals surface area contributed by atoms with Gasteiger partial charge >= 0.3 is 6.18 Å². The molecule has 0 aliphatic heterocycles. The average molecular weight is 283 g/mol. The largest absolute Gasteiger partial charge is 0.478 e. The molecule has 0 radical (unpaired) electrons. The van der Waals surface area contributed by atoms with Crippen molar-refractivity contribution < 1.29 is 17.9 Å². The van der Waals surface area contributed by atoms with Crippen LogP contribution in [0.3, 0.4) is 0 Å². The van der Waals surface area contributed by atoms with Crippen LogP contribution in [0.25, 0.3) is 0 Å². The van der Waals surface area contributed by atoms with Crippen molar-refractivity contribution in [2.75, 3.05) is 6.61 Å². The molecule has 0 bridgehead atoms. The zero-order valence-electron chi connectivity index (χ0n) is 10.1. The van der Waals surface area contributed by atoms with E-state index in [4.69, 9.17) is 16.3 Å². The molecule has 1 aromatic rings. The second kappa shape index (κ2) is 6.22. The summed E-state index contributed by atoms with van der Waals surface area (Å²) in [5.74, 6) is -0.909. The first kappa shape index (κ1) is 15.0. The van der Waals surface area contributed by atoms with Crippen molar-refractivity contribution in [2.45, 2.75) is 32.9 Å². The monoisotopic (exact) mass is 282 g/mol. The van der Waals surface area contributed by atoms with E-state index >= 15 is 0 Å². The van der Waals surface area contributed by atoms with Gasteiger partial charge in [-0.2, -0.15) is 18.2 Å². The Morgan fingerprint density at radius 1 is 1.33 bits per heavy atom. The highest BCUT2D eigenvalue weighted by molar-refractivity contribution is 6.29. The van der Waals surface area contributed by atoms with Crippen LogP contribution in [-0.2, 0) is 6.18 Å². The van der Waals surface area contributed by atoms with Gasteiger partial charge in [0.1, 0.15) is 5.15 Å². The van der Waals surface area contributed by atoms with Crippen molar-refractivity contribution in [2.24, 2.45) is 5.92 Å². The summed E-state index contributed by atoms with van der Waals surface area (Å²) < 4.78 is 42.3. The summed E-state index contributed by atoms with van der Waals surface area (Å²) in [7, 11) is 0. The fourth-order valence-electron chi connectivity index (χ4n) is 1.27. The summed E-state index contributed by atoms with van der Waals surface area (Å²) >= 11 is 5.49. The Morgan fingerprint density at radius 3 is 2.56 bits per heavy atom. The zero-order chi connectivity index (χ0) is 13.8. The van der Waals surface area contributed by atoms with Crippen LogP contribution in [0.2, 0.25) is 5.15 Å². The van der Waals surface area contributed by atoms with E-state index in [2.05, 4.69) is 23.8 Å². The molecule has 0 spiro atoms. The fraction of sp³-hybridized carbons (Fsp3) is 0.636. The van der Waals surface area contributed by atoms with Crippen LogP contribution >= 0.6 is 11.6 Å². The lowest BCUT2D eigenvalue weighted by Crippen LogP contribution is -2.12. The Kier molecular flexibility index (Phi) is 5.19. The molecule has 1 heterocycles. The lowest BCUT2D eigenvalue weighted by Gasteiger charge is -2.09. The summed E-state index contributed by atoms with van der Waals surface area (Å²) in [6, 6.07) is 1.17. The normalized spacial score (nSPS) is 11.9. The molecule has 0 fully saturated rings. The van der Waals surface area contributed by atoms with Crippen molar-refractivity contribution in [3.05, 3.63) is 17.0 Å². The molecule has 0 saturated carbocycles. The van der Waals surface area contributed by atoms with Gasteiger partial charge in [-0.05, 0) is 18.8 Å².